The zero-order chi connectivity index (χ0) is 13.6. The van der Waals surface area contributed by atoms with Gasteiger partial charge in [-0.2, -0.15) is 18.3 Å². The summed E-state index contributed by atoms with van der Waals surface area (Å²) in [6.07, 6.45) is -1.79. The van der Waals surface area contributed by atoms with Gasteiger partial charge >= 0.3 is 6.18 Å². The number of alkyl halides is 3. The lowest BCUT2D eigenvalue weighted by molar-refractivity contribution is -0.137. The van der Waals surface area contributed by atoms with Gasteiger partial charge in [0.2, 0.25) is 0 Å². The summed E-state index contributed by atoms with van der Waals surface area (Å²) in [6.45, 7) is 1.52. The predicted molar refractivity (Wildman–Crippen MR) is 61.5 cm³/mol. The van der Waals surface area contributed by atoms with Gasteiger partial charge in [-0.15, -0.1) is 0 Å². The van der Waals surface area contributed by atoms with Crippen LogP contribution < -0.4 is 0 Å². The lowest BCUT2D eigenvalue weighted by Gasteiger charge is -2.09. The molecule has 4 nitrogen and oxygen atoms in total. The van der Waals surface area contributed by atoms with Crippen molar-refractivity contribution >= 4 is 0 Å². The number of nitrogens with zero attached hydrogens (tertiary/aromatic N) is 4. The van der Waals surface area contributed by atoms with Crippen molar-refractivity contribution in [1.29, 1.82) is 0 Å². The summed E-state index contributed by atoms with van der Waals surface area (Å²) in [5.41, 5.74) is 1.32. The van der Waals surface area contributed by atoms with E-state index in [2.05, 4.69) is 15.0 Å². The molecule has 3 rings (SSSR count). The average molecular weight is 268 g/mol. The van der Waals surface area contributed by atoms with Crippen molar-refractivity contribution in [3.05, 3.63) is 41.3 Å². The molecule has 0 N–H and O–H groups in total. The molecular weight excluding hydrogens is 257 g/mol. The Morgan fingerprint density at radius 2 is 1.95 bits per heavy atom. The molecule has 0 saturated heterocycles. The molecule has 100 valence electrons. The molecule has 1 aliphatic heterocycles. The lowest BCUT2D eigenvalue weighted by atomic mass is 10.2. The Labute approximate surface area is 107 Å². The number of aromatic nitrogens is 3. The fourth-order valence-corrected chi connectivity index (χ4v) is 2.19. The van der Waals surface area contributed by atoms with Gasteiger partial charge in [0.1, 0.15) is 0 Å². The Morgan fingerprint density at radius 3 is 2.58 bits per heavy atom. The Hall–Kier alpha value is -1.89. The summed E-state index contributed by atoms with van der Waals surface area (Å²) in [4.78, 5) is 5.96. The summed E-state index contributed by atoms with van der Waals surface area (Å²) in [5, 5.41) is 4.18. The number of rotatable bonds is 1. The quantitative estimate of drug-likeness (QED) is 0.795. The third-order valence-electron chi connectivity index (χ3n) is 3.11. The van der Waals surface area contributed by atoms with Crippen molar-refractivity contribution < 1.29 is 13.2 Å². The SMILES string of the molecule is CN1Cc2cnn(-c3ccc(C(F)(F)F)cn3)c2C1. The molecule has 0 atom stereocenters. The van der Waals surface area contributed by atoms with Crippen molar-refractivity contribution in [3.63, 3.8) is 0 Å². The molecule has 0 radical (unpaired) electrons. The van der Waals surface area contributed by atoms with E-state index in [9.17, 15) is 13.2 Å². The number of fused-ring (bicyclic) bond motifs is 1. The highest BCUT2D eigenvalue weighted by Gasteiger charge is 2.31. The Balaban J connectivity index is 1.96. The van der Waals surface area contributed by atoms with Gasteiger partial charge in [0.25, 0.3) is 0 Å². The van der Waals surface area contributed by atoms with E-state index in [4.69, 9.17) is 0 Å². The standard InChI is InChI=1S/C12H11F3N4/c1-18-6-8-4-17-19(10(8)7-18)11-3-2-9(5-16-11)12(13,14)15/h2-5H,6-7H2,1H3. The number of pyridine rings is 1. The minimum atomic E-state index is -4.36. The van der Waals surface area contributed by atoms with Crippen molar-refractivity contribution in [3.8, 4) is 5.82 Å². The Kier molecular flexibility index (Phi) is 2.60. The highest BCUT2D eigenvalue weighted by molar-refractivity contribution is 5.32. The summed E-state index contributed by atoms with van der Waals surface area (Å²) in [6, 6.07) is 2.36. The monoisotopic (exact) mass is 268 g/mol. The van der Waals surface area contributed by atoms with Crippen LogP contribution in [0.4, 0.5) is 13.2 Å². The number of hydrogen-bond donors (Lipinski definition) is 0. The van der Waals surface area contributed by atoms with E-state index >= 15 is 0 Å². The second kappa shape index (κ2) is 4.06. The molecule has 0 aromatic carbocycles. The van der Waals surface area contributed by atoms with Crippen LogP contribution in [0.2, 0.25) is 0 Å². The zero-order valence-electron chi connectivity index (χ0n) is 10.1. The highest BCUT2D eigenvalue weighted by Crippen LogP contribution is 2.29. The molecule has 0 unspecified atom stereocenters. The maximum atomic E-state index is 12.5. The summed E-state index contributed by atoms with van der Waals surface area (Å²) < 4.78 is 39.0. The molecule has 2 aromatic rings. The summed E-state index contributed by atoms with van der Waals surface area (Å²) in [7, 11) is 1.98. The van der Waals surface area contributed by atoms with Crippen LogP contribution in [0.5, 0.6) is 0 Å². The second-order valence-corrected chi connectivity index (χ2v) is 4.60. The van der Waals surface area contributed by atoms with Gasteiger partial charge in [-0.3, -0.25) is 4.90 Å². The molecule has 0 bridgehead atoms. The van der Waals surface area contributed by atoms with Crippen molar-refractivity contribution in [1.82, 2.24) is 19.7 Å². The zero-order valence-corrected chi connectivity index (χ0v) is 10.1. The van der Waals surface area contributed by atoms with Crippen LogP contribution in [-0.4, -0.2) is 26.7 Å². The normalized spacial score (nSPS) is 15.8. The smallest absolute Gasteiger partial charge is 0.296 e. The van der Waals surface area contributed by atoms with Gasteiger partial charge < -0.3 is 0 Å². The van der Waals surface area contributed by atoms with E-state index in [1.807, 2.05) is 7.05 Å². The minimum absolute atomic E-state index is 0.407. The second-order valence-electron chi connectivity index (χ2n) is 4.60. The molecule has 0 fully saturated rings. The number of hydrogen-bond acceptors (Lipinski definition) is 3. The first-order valence-corrected chi connectivity index (χ1v) is 5.73. The summed E-state index contributed by atoms with van der Waals surface area (Å²) >= 11 is 0. The van der Waals surface area contributed by atoms with Gasteiger partial charge in [0, 0.05) is 24.8 Å². The maximum Gasteiger partial charge on any atom is 0.417 e. The Bertz CT molecular complexity index is 600. The van der Waals surface area contributed by atoms with E-state index in [1.165, 1.54) is 6.07 Å². The largest absolute Gasteiger partial charge is 0.417 e. The molecular formula is C12H11F3N4. The third-order valence-corrected chi connectivity index (χ3v) is 3.11. The molecule has 2 aromatic heterocycles. The van der Waals surface area contributed by atoms with E-state index in [0.29, 0.717) is 5.82 Å². The molecule has 0 aliphatic carbocycles. The highest BCUT2D eigenvalue weighted by atomic mass is 19.4. The van der Waals surface area contributed by atoms with E-state index in [-0.39, 0.29) is 0 Å². The number of halogens is 3. The maximum absolute atomic E-state index is 12.5. The van der Waals surface area contributed by atoms with Gasteiger partial charge in [-0.1, -0.05) is 0 Å². The van der Waals surface area contributed by atoms with Crippen molar-refractivity contribution in [2.24, 2.45) is 0 Å². The van der Waals surface area contributed by atoms with Crippen LogP contribution in [-0.2, 0) is 19.3 Å². The van der Waals surface area contributed by atoms with Crippen LogP contribution in [0.25, 0.3) is 5.82 Å². The average Bonchev–Trinajstić information content (AvgIpc) is 2.86. The molecule has 19 heavy (non-hydrogen) atoms. The van der Waals surface area contributed by atoms with Crippen molar-refractivity contribution in [2.75, 3.05) is 7.05 Å². The predicted octanol–water partition coefficient (Wildman–Crippen LogP) is 2.23. The topological polar surface area (TPSA) is 34.0 Å². The van der Waals surface area contributed by atoms with E-state index in [1.54, 1.807) is 10.9 Å². The third kappa shape index (κ3) is 2.10. The van der Waals surface area contributed by atoms with E-state index < -0.39 is 11.7 Å². The van der Waals surface area contributed by atoms with Gasteiger partial charge in [-0.05, 0) is 19.2 Å². The molecule has 1 aliphatic rings. The van der Waals surface area contributed by atoms with Crippen LogP contribution >= 0.6 is 0 Å². The lowest BCUT2D eigenvalue weighted by Crippen LogP contribution is -2.12. The van der Waals surface area contributed by atoms with Crippen LogP contribution in [0.15, 0.2) is 24.5 Å². The first kappa shape index (κ1) is 12.2. The van der Waals surface area contributed by atoms with Crippen molar-refractivity contribution in [2.45, 2.75) is 19.3 Å². The van der Waals surface area contributed by atoms with Gasteiger partial charge in [0.05, 0.1) is 17.5 Å². The fourth-order valence-electron chi connectivity index (χ4n) is 2.19. The van der Waals surface area contributed by atoms with Crippen LogP contribution in [0.1, 0.15) is 16.8 Å². The fraction of sp³-hybridized carbons (Fsp3) is 0.333. The van der Waals surface area contributed by atoms with Crippen LogP contribution in [0.3, 0.4) is 0 Å². The molecule has 0 spiro atoms. The molecule has 0 amide bonds. The van der Waals surface area contributed by atoms with Gasteiger partial charge in [0.15, 0.2) is 5.82 Å². The molecule has 7 heteroatoms. The molecule has 3 heterocycles. The Morgan fingerprint density at radius 1 is 1.16 bits per heavy atom. The summed E-state index contributed by atoms with van der Waals surface area (Å²) in [5.74, 6) is 0.407. The van der Waals surface area contributed by atoms with Gasteiger partial charge in [-0.25, -0.2) is 9.67 Å². The van der Waals surface area contributed by atoms with E-state index in [0.717, 1.165) is 36.6 Å². The first-order chi connectivity index (χ1) is 8.95. The minimum Gasteiger partial charge on any atom is -0.296 e. The first-order valence-electron chi connectivity index (χ1n) is 5.73. The van der Waals surface area contributed by atoms with Crippen LogP contribution in [0, 0.1) is 0 Å². The molecule has 0 saturated carbocycles.